The fourth-order valence-corrected chi connectivity index (χ4v) is 2.81. The van der Waals surface area contributed by atoms with Gasteiger partial charge in [0.05, 0.1) is 13.1 Å². The van der Waals surface area contributed by atoms with Crippen molar-refractivity contribution in [2.24, 2.45) is 5.92 Å². The molecule has 0 spiro atoms. The number of hydrazine groups is 1. The van der Waals surface area contributed by atoms with Crippen molar-refractivity contribution in [3.8, 4) is 0 Å². The Hall–Kier alpha value is -0.920. The zero-order valence-electron chi connectivity index (χ0n) is 9.88. The summed E-state index contributed by atoms with van der Waals surface area (Å²) >= 11 is 4.85. The lowest BCUT2D eigenvalue weighted by Gasteiger charge is -2.46. The van der Waals surface area contributed by atoms with Crippen molar-refractivity contribution in [2.45, 2.75) is 18.4 Å². The van der Waals surface area contributed by atoms with E-state index in [9.17, 15) is 9.90 Å². The van der Waals surface area contributed by atoms with Crippen LogP contribution in [-0.2, 0) is 4.79 Å². The molecule has 7 heteroatoms. The van der Waals surface area contributed by atoms with Gasteiger partial charge >= 0.3 is 0 Å². The van der Waals surface area contributed by atoms with Gasteiger partial charge in [-0.2, -0.15) is 0 Å². The van der Waals surface area contributed by atoms with Crippen molar-refractivity contribution in [3.63, 3.8) is 0 Å². The second kappa shape index (κ2) is 4.75. The van der Waals surface area contributed by atoms with Gasteiger partial charge in [-0.15, -0.1) is 0 Å². The van der Waals surface area contributed by atoms with Crippen molar-refractivity contribution in [2.75, 3.05) is 26.7 Å². The molecule has 0 aromatic carbocycles. The molecule has 3 saturated heterocycles. The maximum absolute atomic E-state index is 12.0. The fraction of sp³-hybridized carbons (Fsp3) is 0.800. The van der Waals surface area contributed by atoms with Gasteiger partial charge in [0.2, 0.25) is 0 Å². The number of amides is 1. The number of aliphatic hydroxyl groups is 1. The standard InChI is InChI=1S/C10H18N4O2S/c1-11-9(17)13-12-8(15)10(16)6-14-4-2-7(10)3-5-14/h7,16H,2-6H2,1H3,(H,12,15)(H2,11,13,17)/p+1/t10-/m1/s1. The van der Waals surface area contributed by atoms with Crippen LogP contribution >= 0.6 is 12.2 Å². The average Bonchev–Trinajstić information content (AvgIpc) is 2.36. The van der Waals surface area contributed by atoms with Gasteiger partial charge in [-0.05, 0) is 12.2 Å². The van der Waals surface area contributed by atoms with Crippen LogP contribution in [0.25, 0.3) is 0 Å². The molecular formula is C10H19N4O2S+. The summed E-state index contributed by atoms with van der Waals surface area (Å²) in [6.45, 7) is 2.61. The minimum absolute atomic E-state index is 0.0740. The fourth-order valence-electron chi connectivity index (χ4n) is 2.76. The minimum Gasteiger partial charge on any atom is -0.375 e. The number of piperidine rings is 3. The topological polar surface area (TPSA) is 77.8 Å². The van der Waals surface area contributed by atoms with Crippen LogP contribution in [0.5, 0.6) is 0 Å². The summed E-state index contributed by atoms with van der Waals surface area (Å²) in [6.07, 6.45) is 1.82. The predicted molar refractivity (Wildman–Crippen MR) is 66.2 cm³/mol. The van der Waals surface area contributed by atoms with Gasteiger partial charge in [0, 0.05) is 25.8 Å². The Labute approximate surface area is 106 Å². The second-order valence-corrected chi connectivity index (χ2v) is 5.19. The minimum atomic E-state index is -1.25. The maximum Gasteiger partial charge on any atom is 0.276 e. The van der Waals surface area contributed by atoms with Crippen LogP contribution < -0.4 is 21.1 Å². The van der Waals surface area contributed by atoms with E-state index >= 15 is 0 Å². The van der Waals surface area contributed by atoms with Crippen LogP contribution in [0.2, 0.25) is 0 Å². The molecule has 96 valence electrons. The van der Waals surface area contributed by atoms with Gasteiger partial charge in [-0.25, -0.2) is 0 Å². The molecule has 0 unspecified atom stereocenters. The first-order valence-corrected chi connectivity index (χ1v) is 6.31. The number of nitrogens with one attached hydrogen (secondary N) is 4. The molecule has 3 aliphatic heterocycles. The molecule has 5 N–H and O–H groups in total. The zero-order chi connectivity index (χ0) is 12.5. The SMILES string of the molecule is CNC(=S)NNC(=O)[C@@]1(O)C[NH+]2CCC1CC2. The van der Waals surface area contributed by atoms with E-state index in [1.165, 1.54) is 4.90 Å². The van der Waals surface area contributed by atoms with Crippen molar-refractivity contribution in [3.05, 3.63) is 0 Å². The highest BCUT2D eigenvalue weighted by Gasteiger charge is 2.53. The van der Waals surface area contributed by atoms with E-state index in [1.807, 2.05) is 0 Å². The predicted octanol–water partition coefficient (Wildman–Crippen LogP) is -2.85. The molecule has 0 radical (unpaired) electrons. The monoisotopic (exact) mass is 259 g/mol. The highest BCUT2D eigenvalue weighted by molar-refractivity contribution is 7.80. The Bertz CT molecular complexity index is 330. The normalized spacial score (nSPS) is 35.2. The lowest BCUT2D eigenvalue weighted by atomic mass is 9.75. The molecule has 0 aliphatic carbocycles. The molecule has 3 heterocycles. The molecule has 3 fully saturated rings. The van der Waals surface area contributed by atoms with Crippen molar-refractivity contribution in [1.82, 2.24) is 16.2 Å². The number of carbonyl (C=O) groups is 1. The molecular weight excluding hydrogens is 240 g/mol. The molecule has 2 bridgehead atoms. The second-order valence-electron chi connectivity index (χ2n) is 4.78. The van der Waals surface area contributed by atoms with Crippen LogP contribution in [0.3, 0.4) is 0 Å². The summed E-state index contributed by atoms with van der Waals surface area (Å²) in [5, 5.41) is 13.5. The van der Waals surface area contributed by atoms with Crippen molar-refractivity contribution >= 4 is 23.2 Å². The van der Waals surface area contributed by atoms with E-state index in [0.717, 1.165) is 25.9 Å². The van der Waals surface area contributed by atoms with Crippen molar-refractivity contribution < 1.29 is 14.8 Å². The number of rotatable bonds is 1. The van der Waals surface area contributed by atoms with Gasteiger partial charge in [0.25, 0.3) is 5.91 Å². The molecule has 3 rings (SSSR count). The third kappa shape index (κ3) is 2.36. The Morgan fingerprint density at radius 2 is 2.06 bits per heavy atom. The summed E-state index contributed by atoms with van der Waals surface area (Å²) in [5.74, 6) is -0.304. The third-order valence-electron chi connectivity index (χ3n) is 3.80. The van der Waals surface area contributed by atoms with E-state index in [0.29, 0.717) is 11.7 Å². The quantitative estimate of drug-likeness (QED) is 0.259. The Morgan fingerprint density at radius 3 is 2.53 bits per heavy atom. The number of quaternary nitrogens is 1. The number of thiocarbonyl (C=S) groups is 1. The van der Waals surface area contributed by atoms with E-state index in [2.05, 4.69) is 16.2 Å². The van der Waals surface area contributed by atoms with Gasteiger partial charge in [-0.1, -0.05) is 0 Å². The summed E-state index contributed by atoms with van der Waals surface area (Å²) in [7, 11) is 1.66. The molecule has 3 aliphatic rings. The molecule has 1 atom stereocenters. The average molecular weight is 259 g/mol. The number of carbonyl (C=O) groups excluding carboxylic acids is 1. The lowest BCUT2D eigenvalue weighted by molar-refractivity contribution is -0.923. The Morgan fingerprint density at radius 1 is 1.41 bits per heavy atom. The first-order valence-electron chi connectivity index (χ1n) is 5.90. The third-order valence-corrected chi connectivity index (χ3v) is 4.10. The highest BCUT2D eigenvalue weighted by atomic mass is 32.1. The molecule has 0 aromatic heterocycles. The van der Waals surface area contributed by atoms with Crippen LogP contribution in [0.4, 0.5) is 0 Å². The number of fused-ring (bicyclic) bond motifs is 3. The van der Waals surface area contributed by atoms with Crippen LogP contribution in [0, 0.1) is 5.92 Å². The summed E-state index contributed by atoms with van der Waals surface area (Å²) in [5.41, 5.74) is 3.79. The van der Waals surface area contributed by atoms with E-state index in [4.69, 9.17) is 12.2 Å². The van der Waals surface area contributed by atoms with E-state index in [-0.39, 0.29) is 11.8 Å². The smallest absolute Gasteiger partial charge is 0.276 e. The first kappa shape index (κ1) is 12.5. The number of hydrogen-bond acceptors (Lipinski definition) is 3. The summed E-state index contributed by atoms with van der Waals surface area (Å²) in [4.78, 5) is 13.3. The molecule has 0 saturated carbocycles. The van der Waals surface area contributed by atoms with Crippen molar-refractivity contribution in [1.29, 1.82) is 0 Å². The summed E-state index contributed by atoms with van der Waals surface area (Å²) in [6, 6.07) is 0. The van der Waals surface area contributed by atoms with Gasteiger partial charge in [-0.3, -0.25) is 15.6 Å². The largest absolute Gasteiger partial charge is 0.375 e. The summed E-state index contributed by atoms with van der Waals surface area (Å²) < 4.78 is 0. The zero-order valence-corrected chi connectivity index (χ0v) is 10.7. The Kier molecular flexibility index (Phi) is 3.50. The van der Waals surface area contributed by atoms with E-state index < -0.39 is 5.60 Å². The molecule has 6 nitrogen and oxygen atoms in total. The molecule has 17 heavy (non-hydrogen) atoms. The van der Waals surface area contributed by atoms with Gasteiger partial charge < -0.3 is 15.3 Å². The van der Waals surface area contributed by atoms with E-state index in [1.54, 1.807) is 7.05 Å². The number of hydrogen-bond donors (Lipinski definition) is 5. The van der Waals surface area contributed by atoms with Crippen LogP contribution in [0.15, 0.2) is 0 Å². The highest BCUT2D eigenvalue weighted by Crippen LogP contribution is 2.28. The molecule has 0 aromatic rings. The van der Waals surface area contributed by atoms with Gasteiger partial charge in [0.1, 0.15) is 6.54 Å². The lowest BCUT2D eigenvalue weighted by Crippen LogP contribution is -3.18. The van der Waals surface area contributed by atoms with Gasteiger partial charge in [0.15, 0.2) is 10.7 Å². The Balaban J connectivity index is 1.96. The van der Waals surface area contributed by atoms with Crippen LogP contribution in [0.1, 0.15) is 12.8 Å². The van der Waals surface area contributed by atoms with Crippen LogP contribution in [-0.4, -0.2) is 48.4 Å². The maximum atomic E-state index is 12.0. The molecule has 1 amide bonds. The first-order chi connectivity index (χ1) is 8.06.